The highest BCUT2D eigenvalue weighted by molar-refractivity contribution is 5.72. The summed E-state index contributed by atoms with van der Waals surface area (Å²) in [5.41, 5.74) is -0.574. The van der Waals surface area contributed by atoms with E-state index in [1.165, 1.54) is 4.90 Å². The fraction of sp³-hybridized carbons (Fsp3) is 0.833. The number of rotatable bonds is 2. The zero-order chi connectivity index (χ0) is 13.9. The van der Waals surface area contributed by atoms with E-state index >= 15 is 0 Å². The highest BCUT2D eigenvalue weighted by Crippen LogP contribution is 2.25. The average molecular weight is 259 g/mol. The van der Waals surface area contributed by atoms with Crippen LogP contribution >= 0.6 is 0 Å². The van der Waals surface area contributed by atoms with E-state index < -0.39 is 29.5 Å². The monoisotopic (exact) mass is 259 g/mol. The molecule has 0 aromatic heterocycles. The summed E-state index contributed by atoms with van der Waals surface area (Å²) < 4.78 is 5.22. The van der Waals surface area contributed by atoms with Crippen LogP contribution in [0.2, 0.25) is 0 Å². The summed E-state index contributed by atoms with van der Waals surface area (Å²) in [5.74, 6) is -1.93. The first-order chi connectivity index (χ1) is 8.24. The Morgan fingerprint density at radius 2 is 2.00 bits per heavy atom. The van der Waals surface area contributed by atoms with Gasteiger partial charge in [-0.1, -0.05) is 0 Å². The standard InChI is InChI=1S/C12H21NO5/c1-12(2,3)18-11(17)13-5-4-9(10(15)16)8(6-13)7-14/h8-9,14H,4-7H2,1-3H3,(H,15,16)/t8-,9+/m0/s1. The number of likely N-dealkylation sites (tertiary alicyclic amines) is 1. The van der Waals surface area contributed by atoms with Crippen molar-refractivity contribution in [2.24, 2.45) is 11.8 Å². The summed E-state index contributed by atoms with van der Waals surface area (Å²) in [6.07, 6.45) is -0.107. The Morgan fingerprint density at radius 3 is 2.44 bits per heavy atom. The Labute approximate surface area is 107 Å². The van der Waals surface area contributed by atoms with Crippen molar-refractivity contribution in [1.82, 2.24) is 4.90 Å². The molecule has 1 aliphatic heterocycles. The highest BCUT2D eigenvalue weighted by atomic mass is 16.6. The van der Waals surface area contributed by atoms with Gasteiger partial charge in [-0.2, -0.15) is 0 Å². The fourth-order valence-corrected chi connectivity index (χ4v) is 2.03. The predicted octanol–water partition coefficient (Wildman–Crippen LogP) is 0.936. The Morgan fingerprint density at radius 1 is 1.39 bits per heavy atom. The number of hydrogen-bond acceptors (Lipinski definition) is 4. The molecular formula is C12H21NO5. The van der Waals surface area contributed by atoms with E-state index in [1.54, 1.807) is 20.8 Å². The first kappa shape index (κ1) is 14.8. The lowest BCUT2D eigenvalue weighted by molar-refractivity contribution is -0.146. The first-order valence-corrected chi connectivity index (χ1v) is 6.06. The molecule has 1 rings (SSSR count). The van der Waals surface area contributed by atoms with E-state index in [0.29, 0.717) is 13.0 Å². The third kappa shape index (κ3) is 3.87. The number of hydrogen-bond donors (Lipinski definition) is 2. The van der Waals surface area contributed by atoms with Crippen molar-refractivity contribution in [2.45, 2.75) is 32.8 Å². The molecule has 1 fully saturated rings. The third-order valence-corrected chi connectivity index (χ3v) is 2.94. The van der Waals surface area contributed by atoms with Gasteiger partial charge < -0.3 is 19.8 Å². The van der Waals surface area contributed by atoms with Crippen LogP contribution in [-0.4, -0.2) is 52.5 Å². The van der Waals surface area contributed by atoms with E-state index in [4.69, 9.17) is 9.84 Å². The summed E-state index contributed by atoms with van der Waals surface area (Å²) in [6, 6.07) is 0. The number of ether oxygens (including phenoxy) is 1. The first-order valence-electron chi connectivity index (χ1n) is 6.06. The van der Waals surface area contributed by atoms with Gasteiger partial charge in [0.1, 0.15) is 5.60 Å². The number of aliphatic hydroxyl groups is 1. The summed E-state index contributed by atoms with van der Waals surface area (Å²) >= 11 is 0. The number of carboxylic acid groups (broad SMARTS) is 1. The number of amides is 1. The molecule has 1 saturated heterocycles. The molecule has 104 valence electrons. The Balaban J connectivity index is 2.62. The molecule has 2 N–H and O–H groups in total. The number of piperidine rings is 1. The van der Waals surface area contributed by atoms with Crippen molar-refractivity contribution in [3.8, 4) is 0 Å². The number of carbonyl (C=O) groups is 2. The van der Waals surface area contributed by atoms with Crippen LogP contribution in [0.1, 0.15) is 27.2 Å². The quantitative estimate of drug-likeness (QED) is 0.770. The van der Waals surface area contributed by atoms with Gasteiger partial charge in [0.25, 0.3) is 0 Å². The van der Waals surface area contributed by atoms with Crippen molar-refractivity contribution < 1.29 is 24.5 Å². The van der Waals surface area contributed by atoms with Crippen molar-refractivity contribution >= 4 is 12.1 Å². The topological polar surface area (TPSA) is 87.1 Å². The normalized spacial score (nSPS) is 24.8. The maximum atomic E-state index is 11.8. The van der Waals surface area contributed by atoms with Gasteiger partial charge in [0.15, 0.2) is 0 Å². The maximum Gasteiger partial charge on any atom is 0.410 e. The minimum absolute atomic E-state index is 0.225. The Hall–Kier alpha value is -1.30. The molecule has 0 aromatic rings. The Kier molecular flexibility index (Phi) is 4.56. The number of aliphatic hydroxyl groups excluding tert-OH is 1. The average Bonchev–Trinajstić information content (AvgIpc) is 2.25. The van der Waals surface area contributed by atoms with Crippen LogP contribution in [0.15, 0.2) is 0 Å². The van der Waals surface area contributed by atoms with Gasteiger partial charge in [-0.05, 0) is 27.2 Å². The van der Waals surface area contributed by atoms with Crippen LogP contribution < -0.4 is 0 Å². The molecule has 0 aromatic carbocycles. The molecule has 6 heteroatoms. The molecule has 0 saturated carbocycles. The SMILES string of the molecule is CC(C)(C)OC(=O)N1CC[C@@H](C(=O)O)[C@H](CO)C1. The lowest BCUT2D eigenvalue weighted by Gasteiger charge is -2.36. The van der Waals surface area contributed by atoms with Crippen LogP contribution in [0, 0.1) is 11.8 Å². The molecule has 0 aliphatic carbocycles. The molecule has 0 spiro atoms. The number of carboxylic acids is 1. The van der Waals surface area contributed by atoms with E-state index in [-0.39, 0.29) is 13.2 Å². The van der Waals surface area contributed by atoms with Gasteiger partial charge in [-0.3, -0.25) is 4.79 Å². The molecule has 18 heavy (non-hydrogen) atoms. The summed E-state index contributed by atoms with van der Waals surface area (Å²) in [5, 5.41) is 18.2. The lowest BCUT2D eigenvalue weighted by Crippen LogP contribution is -2.48. The molecule has 2 atom stereocenters. The van der Waals surface area contributed by atoms with E-state index in [1.807, 2.05) is 0 Å². The van der Waals surface area contributed by atoms with Crippen LogP contribution in [-0.2, 0) is 9.53 Å². The smallest absolute Gasteiger partial charge is 0.410 e. The van der Waals surface area contributed by atoms with Gasteiger partial charge >= 0.3 is 12.1 Å². The molecule has 1 aliphatic rings. The molecule has 0 unspecified atom stereocenters. The minimum Gasteiger partial charge on any atom is -0.481 e. The van der Waals surface area contributed by atoms with Crippen LogP contribution in [0.3, 0.4) is 0 Å². The number of carbonyl (C=O) groups excluding carboxylic acids is 1. The minimum atomic E-state index is -0.919. The number of nitrogens with zero attached hydrogens (tertiary/aromatic N) is 1. The van der Waals surface area contributed by atoms with E-state index in [0.717, 1.165) is 0 Å². The molecule has 1 amide bonds. The zero-order valence-corrected chi connectivity index (χ0v) is 11.0. The second kappa shape index (κ2) is 5.56. The molecule has 0 radical (unpaired) electrons. The Bertz CT molecular complexity index is 323. The fourth-order valence-electron chi connectivity index (χ4n) is 2.03. The zero-order valence-electron chi connectivity index (χ0n) is 11.0. The summed E-state index contributed by atoms with van der Waals surface area (Å²) in [6.45, 7) is 5.66. The van der Waals surface area contributed by atoms with Gasteiger partial charge in [-0.25, -0.2) is 4.79 Å². The predicted molar refractivity (Wildman–Crippen MR) is 64.1 cm³/mol. The van der Waals surface area contributed by atoms with Crippen molar-refractivity contribution in [3.63, 3.8) is 0 Å². The van der Waals surface area contributed by atoms with Crippen molar-refractivity contribution in [1.29, 1.82) is 0 Å². The van der Waals surface area contributed by atoms with Gasteiger partial charge in [0, 0.05) is 25.6 Å². The van der Waals surface area contributed by atoms with Crippen molar-refractivity contribution in [2.75, 3.05) is 19.7 Å². The second-order valence-electron chi connectivity index (χ2n) is 5.60. The van der Waals surface area contributed by atoms with Gasteiger partial charge in [-0.15, -0.1) is 0 Å². The van der Waals surface area contributed by atoms with E-state index in [2.05, 4.69) is 0 Å². The third-order valence-electron chi connectivity index (χ3n) is 2.94. The lowest BCUT2D eigenvalue weighted by atomic mass is 9.86. The molecule has 6 nitrogen and oxygen atoms in total. The second-order valence-corrected chi connectivity index (χ2v) is 5.60. The van der Waals surface area contributed by atoms with Gasteiger partial charge in [0.05, 0.1) is 5.92 Å². The molecule has 1 heterocycles. The largest absolute Gasteiger partial charge is 0.481 e. The highest BCUT2D eigenvalue weighted by Gasteiger charge is 2.36. The molecular weight excluding hydrogens is 238 g/mol. The van der Waals surface area contributed by atoms with Crippen LogP contribution in [0.5, 0.6) is 0 Å². The summed E-state index contributed by atoms with van der Waals surface area (Å²) in [4.78, 5) is 24.3. The van der Waals surface area contributed by atoms with E-state index in [9.17, 15) is 14.7 Å². The summed E-state index contributed by atoms with van der Waals surface area (Å²) in [7, 11) is 0. The van der Waals surface area contributed by atoms with Crippen LogP contribution in [0.4, 0.5) is 4.79 Å². The van der Waals surface area contributed by atoms with Gasteiger partial charge in [0.2, 0.25) is 0 Å². The number of aliphatic carboxylic acids is 1. The van der Waals surface area contributed by atoms with Crippen LogP contribution in [0.25, 0.3) is 0 Å². The molecule has 0 bridgehead atoms. The maximum absolute atomic E-state index is 11.8. The van der Waals surface area contributed by atoms with Crippen molar-refractivity contribution in [3.05, 3.63) is 0 Å².